The molecule has 0 unspecified atom stereocenters. The van der Waals surface area contributed by atoms with Gasteiger partial charge in [-0.3, -0.25) is 14.2 Å². The Labute approximate surface area is 141 Å². The molecule has 0 aliphatic heterocycles. The van der Waals surface area contributed by atoms with Gasteiger partial charge in [-0.1, -0.05) is 31.5 Å². The monoisotopic (exact) mass is 326 g/mol. The Hall–Kier alpha value is -2.82. The van der Waals surface area contributed by atoms with E-state index in [0.29, 0.717) is 12.2 Å². The predicted octanol–water partition coefficient (Wildman–Crippen LogP) is 2.77. The molecule has 1 amide bonds. The topological polar surface area (TPSA) is 60.3 Å². The normalized spacial score (nSPS) is 11.2. The number of ether oxygens (including phenoxy) is 1. The summed E-state index contributed by atoms with van der Waals surface area (Å²) in [6.45, 7) is 2.64. The van der Waals surface area contributed by atoms with Crippen LogP contribution in [0.25, 0.3) is 11.8 Å². The second-order valence-electron chi connectivity index (χ2n) is 5.32. The summed E-state index contributed by atoms with van der Waals surface area (Å²) in [5.74, 6) is 0.463. The van der Waals surface area contributed by atoms with E-state index in [9.17, 15) is 9.59 Å². The van der Waals surface area contributed by atoms with Crippen molar-refractivity contribution in [2.75, 3.05) is 13.7 Å². The molecule has 1 aromatic heterocycles. The van der Waals surface area contributed by atoms with E-state index >= 15 is 0 Å². The highest BCUT2D eigenvalue weighted by Crippen LogP contribution is 2.15. The number of amides is 1. The third-order valence-electron chi connectivity index (χ3n) is 3.55. The van der Waals surface area contributed by atoms with Crippen molar-refractivity contribution in [3.05, 3.63) is 64.6 Å². The van der Waals surface area contributed by atoms with E-state index in [4.69, 9.17) is 4.74 Å². The molecule has 0 radical (unpaired) electrons. The first-order valence-electron chi connectivity index (χ1n) is 7.97. The molecule has 126 valence electrons. The van der Waals surface area contributed by atoms with Crippen LogP contribution < -0.4 is 15.6 Å². The summed E-state index contributed by atoms with van der Waals surface area (Å²) in [6, 6.07) is 12.1. The maximum Gasteiger partial charge on any atom is 0.268 e. The number of unbranched alkanes of at least 4 members (excludes halogenated alkanes) is 1. The zero-order chi connectivity index (χ0) is 17.4. The molecular formula is C19H22N2O3. The number of carbonyl (C=O) groups excluding carboxylic acids is 1. The minimum Gasteiger partial charge on any atom is -0.497 e. The number of nitrogens with one attached hydrogen (secondary N) is 1. The SMILES string of the molecule is CCCCNC(=O)C(=Cc1ccc(OC)cc1)n1ccccc1=O. The average Bonchev–Trinajstić information content (AvgIpc) is 2.61. The number of rotatable bonds is 7. The Kier molecular flexibility index (Phi) is 6.37. The summed E-state index contributed by atoms with van der Waals surface area (Å²) in [6.07, 6.45) is 5.17. The Morgan fingerprint density at radius 1 is 1.21 bits per heavy atom. The molecule has 0 saturated carbocycles. The number of hydrogen-bond donors (Lipinski definition) is 1. The van der Waals surface area contributed by atoms with Crippen LogP contribution in [-0.4, -0.2) is 24.1 Å². The van der Waals surface area contributed by atoms with Crippen LogP contribution in [0.15, 0.2) is 53.5 Å². The lowest BCUT2D eigenvalue weighted by Crippen LogP contribution is -2.31. The van der Waals surface area contributed by atoms with E-state index in [2.05, 4.69) is 12.2 Å². The first kappa shape index (κ1) is 17.5. The zero-order valence-corrected chi connectivity index (χ0v) is 14.0. The maximum absolute atomic E-state index is 12.5. The van der Waals surface area contributed by atoms with Gasteiger partial charge in [0.05, 0.1) is 7.11 Å². The van der Waals surface area contributed by atoms with Crippen molar-refractivity contribution < 1.29 is 9.53 Å². The predicted molar refractivity (Wildman–Crippen MR) is 95.8 cm³/mol. The number of hydrogen-bond acceptors (Lipinski definition) is 3. The molecular weight excluding hydrogens is 304 g/mol. The van der Waals surface area contributed by atoms with Crippen LogP contribution >= 0.6 is 0 Å². The molecule has 0 aliphatic carbocycles. The van der Waals surface area contributed by atoms with Gasteiger partial charge in [-0.2, -0.15) is 0 Å². The van der Waals surface area contributed by atoms with Crippen LogP contribution in [0.2, 0.25) is 0 Å². The molecule has 24 heavy (non-hydrogen) atoms. The van der Waals surface area contributed by atoms with E-state index < -0.39 is 0 Å². The third-order valence-corrected chi connectivity index (χ3v) is 3.55. The molecule has 0 fully saturated rings. The first-order valence-corrected chi connectivity index (χ1v) is 7.97. The van der Waals surface area contributed by atoms with Gasteiger partial charge in [-0.25, -0.2) is 0 Å². The standard InChI is InChI=1S/C19H22N2O3/c1-3-4-12-20-19(23)17(21-13-6-5-7-18(21)22)14-15-8-10-16(24-2)11-9-15/h5-11,13-14H,3-4,12H2,1-2H3,(H,20,23). The van der Waals surface area contributed by atoms with Crippen molar-refractivity contribution in [3.8, 4) is 5.75 Å². The van der Waals surface area contributed by atoms with E-state index in [-0.39, 0.29) is 11.5 Å². The zero-order valence-electron chi connectivity index (χ0n) is 14.0. The third kappa shape index (κ3) is 4.59. The highest BCUT2D eigenvalue weighted by Gasteiger charge is 2.12. The van der Waals surface area contributed by atoms with Crippen LogP contribution in [0.1, 0.15) is 25.3 Å². The molecule has 0 bridgehead atoms. The van der Waals surface area contributed by atoms with Gasteiger partial charge in [0.15, 0.2) is 0 Å². The van der Waals surface area contributed by atoms with E-state index in [1.165, 1.54) is 10.6 Å². The second kappa shape index (κ2) is 8.72. The minimum atomic E-state index is -0.271. The largest absolute Gasteiger partial charge is 0.497 e. The number of aromatic nitrogens is 1. The van der Waals surface area contributed by atoms with Gasteiger partial charge < -0.3 is 10.1 Å². The van der Waals surface area contributed by atoms with Crippen LogP contribution in [0.4, 0.5) is 0 Å². The van der Waals surface area contributed by atoms with Gasteiger partial charge in [-0.15, -0.1) is 0 Å². The quantitative estimate of drug-likeness (QED) is 0.629. The Balaban J connectivity index is 2.38. The Morgan fingerprint density at radius 2 is 1.96 bits per heavy atom. The fraction of sp³-hybridized carbons (Fsp3) is 0.263. The number of carbonyl (C=O) groups is 1. The van der Waals surface area contributed by atoms with Crippen molar-refractivity contribution in [2.24, 2.45) is 0 Å². The van der Waals surface area contributed by atoms with E-state index in [1.807, 2.05) is 24.3 Å². The van der Waals surface area contributed by atoms with Crippen LogP contribution in [-0.2, 0) is 4.79 Å². The summed E-state index contributed by atoms with van der Waals surface area (Å²) in [5.41, 5.74) is 0.858. The summed E-state index contributed by atoms with van der Waals surface area (Å²) >= 11 is 0. The van der Waals surface area contributed by atoms with Crippen molar-refractivity contribution in [1.29, 1.82) is 0 Å². The highest BCUT2D eigenvalue weighted by molar-refractivity contribution is 6.18. The number of pyridine rings is 1. The Bertz CT molecular complexity index is 761. The molecule has 0 aliphatic rings. The van der Waals surface area contributed by atoms with Gasteiger partial charge in [-0.05, 0) is 36.3 Å². The van der Waals surface area contributed by atoms with Crippen molar-refractivity contribution in [3.63, 3.8) is 0 Å². The lowest BCUT2D eigenvalue weighted by molar-refractivity contribution is -0.115. The number of methoxy groups -OCH3 is 1. The lowest BCUT2D eigenvalue weighted by atomic mass is 10.1. The van der Waals surface area contributed by atoms with Crippen LogP contribution in [0.5, 0.6) is 5.75 Å². The van der Waals surface area contributed by atoms with Crippen LogP contribution in [0, 0.1) is 0 Å². The summed E-state index contributed by atoms with van der Waals surface area (Å²) < 4.78 is 6.49. The van der Waals surface area contributed by atoms with E-state index in [1.54, 1.807) is 31.5 Å². The first-order chi connectivity index (χ1) is 11.7. The fourth-order valence-electron chi connectivity index (χ4n) is 2.20. The lowest BCUT2D eigenvalue weighted by Gasteiger charge is -2.11. The van der Waals surface area contributed by atoms with Gasteiger partial charge >= 0.3 is 0 Å². The maximum atomic E-state index is 12.5. The van der Waals surface area contributed by atoms with Crippen molar-refractivity contribution in [1.82, 2.24) is 9.88 Å². The molecule has 2 aromatic rings. The van der Waals surface area contributed by atoms with Gasteiger partial charge in [0, 0.05) is 18.8 Å². The molecule has 1 aromatic carbocycles. The molecule has 0 saturated heterocycles. The van der Waals surface area contributed by atoms with Crippen molar-refractivity contribution >= 4 is 17.7 Å². The molecule has 5 heteroatoms. The summed E-state index contributed by atoms with van der Waals surface area (Å²) in [4.78, 5) is 24.6. The van der Waals surface area contributed by atoms with Crippen LogP contribution in [0.3, 0.4) is 0 Å². The fourth-order valence-corrected chi connectivity index (χ4v) is 2.20. The average molecular weight is 326 g/mol. The Morgan fingerprint density at radius 3 is 2.58 bits per heavy atom. The molecule has 2 rings (SSSR count). The summed E-state index contributed by atoms with van der Waals surface area (Å²) in [7, 11) is 1.60. The second-order valence-corrected chi connectivity index (χ2v) is 5.32. The minimum absolute atomic E-state index is 0.247. The molecule has 1 heterocycles. The summed E-state index contributed by atoms with van der Waals surface area (Å²) in [5, 5.41) is 2.86. The molecule has 0 spiro atoms. The molecule has 5 nitrogen and oxygen atoms in total. The number of nitrogens with zero attached hydrogens (tertiary/aromatic N) is 1. The van der Waals surface area contributed by atoms with E-state index in [0.717, 1.165) is 24.2 Å². The highest BCUT2D eigenvalue weighted by atomic mass is 16.5. The number of benzene rings is 1. The molecule has 1 N–H and O–H groups in total. The molecule has 0 atom stereocenters. The van der Waals surface area contributed by atoms with Gasteiger partial charge in [0.2, 0.25) is 0 Å². The van der Waals surface area contributed by atoms with Gasteiger partial charge in [0.25, 0.3) is 11.5 Å². The van der Waals surface area contributed by atoms with Gasteiger partial charge in [0.1, 0.15) is 11.4 Å². The smallest absolute Gasteiger partial charge is 0.268 e. The van der Waals surface area contributed by atoms with Crippen molar-refractivity contribution in [2.45, 2.75) is 19.8 Å².